The Labute approximate surface area is 232 Å². The number of pyridine rings is 1. The Balaban J connectivity index is 1.34. The Morgan fingerprint density at radius 1 is 1.18 bits per heavy atom. The summed E-state index contributed by atoms with van der Waals surface area (Å²) in [6.07, 6.45) is 3.62. The van der Waals surface area contributed by atoms with Crippen molar-refractivity contribution in [2.45, 2.75) is 42.7 Å². The number of amides is 1. The van der Waals surface area contributed by atoms with Gasteiger partial charge < -0.3 is 25.5 Å². The van der Waals surface area contributed by atoms with E-state index >= 15 is 0 Å². The molecule has 0 radical (unpaired) electrons. The van der Waals surface area contributed by atoms with E-state index in [1.54, 1.807) is 41.3 Å². The van der Waals surface area contributed by atoms with E-state index in [2.05, 4.69) is 15.0 Å². The number of hydrogen-bond donors (Lipinski definition) is 4. The SMILES string of the molecule is NC(CCc1cc(O)c(C(c2cccc(NS(=O)(=O)c3ccccn3)c2)C2CC2)c(=O)o1)C(=O)N1CCNCC1. The van der Waals surface area contributed by atoms with E-state index in [9.17, 15) is 23.1 Å². The lowest BCUT2D eigenvalue weighted by atomic mass is 9.87. The maximum atomic E-state index is 13.2. The second-order valence-electron chi connectivity index (χ2n) is 10.2. The molecule has 0 spiro atoms. The lowest BCUT2D eigenvalue weighted by Gasteiger charge is -2.29. The van der Waals surface area contributed by atoms with Crippen LogP contribution in [-0.2, 0) is 21.2 Å². The average Bonchev–Trinajstić information content (AvgIpc) is 3.79. The molecule has 1 aromatic carbocycles. The van der Waals surface area contributed by atoms with Crippen molar-refractivity contribution >= 4 is 21.6 Å². The number of benzene rings is 1. The quantitative estimate of drug-likeness (QED) is 0.285. The van der Waals surface area contributed by atoms with Crippen molar-refractivity contribution in [1.29, 1.82) is 0 Å². The number of hydrogen-bond acceptors (Lipinski definition) is 9. The van der Waals surface area contributed by atoms with Crippen molar-refractivity contribution in [3.8, 4) is 5.75 Å². The van der Waals surface area contributed by atoms with E-state index < -0.39 is 27.6 Å². The van der Waals surface area contributed by atoms with Gasteiger partial charge in [-0.25, -0.2) is 9.78 Å². The number of aromatic hydroxyl groups is 1. The van der Waals surface area contributed by atoms with Gasteiger partial charge in [-0.1, -0.05) is 18.2 Å². The summed E-state index contributed by atoms with van der Waals surface area (Å²) in [6.45, 7) is 2.66. The summed E-state index contributed by atoms with van der Waals surface area (Å²) in [7, 11) is -3.91. The number of aryl methyl sites for hydroxylation is 1. The lowest BCUT2D eigenvalue weighted by Crippen LogP contribution is -2.51. The molecule has 1 saturated heterocycles. The van der Waals surface area contributed by atoms with Crippen LogP contribution in [0, 0.1) is 5.92 Å². The largest absolute Gasteiger partial charge is 0.507 e. The van der Waals surface area contributed by atoms with Gasteiger partial charge in [-0.05, 0) is 55.0 Å². The highest BCUT2D eigenvalue weighted by atomic mass is 32.2. The summed E-state index contributed by atoms with van der Waals surface area (Å²) in [5.41, 5.74) is 6.60. The lowest BCUT2D eigenvalue weighted by molar-refractivity contribution is -0.133. The fourth-order valence-corrected chi connectivity index (χ4v) is 6.10. The van der Waals surface area contributed by atoms with Crippen LogP contribution in [0.4, 0.5) is 5.69 Å². The van der Waals surface area contributed by atoms with Gasteiger partial charge in [-0.3, -0.25) is 9.52 Å². The molecule has 2 fully saturated rings. The summed E-state index contributed by atoms with van der Waals surface area (Å²) >= 11 is 0. The number of carbonyl (C=O) groups excluding carboxylic acids is 1. The number of piperazine rings is 1. The number of anilines is 1. The van der Waals surface area contributed by atoms with Crippen molar-refractivity contribution < 1.29 is 22.7 Å². The third kappa shape index (κ3) is 6.35. The summed E-state index contributed by atoms with van der Waals surface area (Å²) in [5.74, 6) is -0.448. The highest BCUT2D eigenvalue weighted by Crippen LogP contribution is 2.48. The molecule has 40 heavy (non-hydrogen) atoms. The number of sulfonamides is 1. The third-order valence-corrected chi connectivity index (χ3v) is 8.58. The molecule has 11 nitrogen and oxygen atoms in total. The molecule has 2 atom stereocenters. The Kier molecular flexibility index (Phi) is 8.19. The van der Waals surface area contributed by atoms with Crippen LogP contribution >= 0.6 is 0 Å². The summed E-state index contributed by atoms with van der Waals surface area (Å²) in [6, 6.07) is 12.1. The van der Waals surface area contributed by atoms with Gasteiger partial charge >= 0.3 is 5.63 Å². The number of rotatable bonds is 10. The van der Waals surface area contributed by atoms with Crippen LogP contribution in [0.5, 0.6) is 5.75 Å². The molecule has 2 aliphatic rings. The normalized spacial score (nSPS) is 17.3. The molecule has 2 unspecified atom stereocenters. The smallest absolute Gasteiger partial charge is 0.343 e. The summed E-state index contributed by atoms with van der Waals surface area (Å²) < 4.78 is 33.7. The van der Waals surface area contributed by atoms with E-state index in [4.69, 9.17) is 10.2 Å². The van der Waals surface area contributed by atoms with Crippen LogP contribution in [0.1, 0.15) is 42.1 Å². The fourth-order valence-electron chi connectivity index (χ4n) is 5.10. The number of carbonyl (C=O) groups is 1. The molecule has 5 rings (SSSR count). The predicted molar refractivity (Wildman–Crippen MR) is 148 cm³/mol. The Morgan fingerprint density at radius 2 is 1.95 bits per heavy atom. The van der Waals surface area contributed by atoms with Crippen LogP contribution in [0.25, 0.3) is 0 Å². The van der Waals surface area contributed by atoms with Crippen LogP contribution in [0.2, 0.25) is 0 Å². The Bertz CT molecular complexity index is 1520. The number of nitrogens with two attached hydrogens (primary N) is 1. The first-order valence-electron chi connectivity index (χ1n) is 13.4. The van der Waals surface area contributed by atoms with Crippen LogP contribution < -0.4 is 21.4 Å². The molecule has 12 heteroatoms. The van der Waals surface area contributed by atoms with Crippen molar-refractivity contribution in [2.75, 3.05) is 30.9 Å². The maximum Gasteiger partial charge on any atom is 0.343 e. The minimum Gasteiger partial charge on any atom is -0.507 e. The molecular formula is C28H33N5O6S. The fraction of sp³-hybridized carbons (Fsp3) is 0.393. The van der Waals surface area contributed by atoms with Crippen LogP contribution in [0.15, 0.2) is 69.0 Å². The minimum atomic E-state index is -3.91. The molecule has 1 saturated carbocycles. The molecule has 3 aromatic rings. The molecule has 1 aliphatic carbocycles. The highest BCUT2D eigenvalue weighted by Gasteiger charge is 2.37. The van der Waals surface area contributed by atoms with E-state index in [1.807, 2.05) is 0 Å². The summed E-state index contributed by atoms with van der Waals surface area (Å²) in [4.78, 5) is 31.4. The molecule has 2 aromatic heterocycles. The van der Waals surface area contributed by atoms with Crippen molar-refractivity contribution in [2.24, 2.45) is 11.7 Å². The molecule has 0 bridgehead atoms. The number of nitrogens with one attached hydrogen (secondary N) is 2. The standard InChI is InChI=1S/C28H33N5O6S/c29-22(27(35)33-14-12-30-13-15-33)10-9-21-17-23(34)26(28(36)39-21)25(18-7-8-18)19-4-3-5-20(16-19)32-40(37,38)24-6-1-2-11-31-24/h1-6,11,16-18,22,25,30,32,34H,7-10,12-15,29H2. The second kappa shape index (κ2) is 11.8. The van der Waals surface area contributed by atoms with Gasteiger partial charge in [0.2, 0.25) is 5.91 Å². The summed E-state index contributed by atoms with van der Waals surface area (Å²) in [5, 5.41) is 14.1. The minimum absolute atomic E-state index is 0.104. The molecule has 1 amide bonds. The van der Waals surface area contributed by atoms with Crippen molar-refractivity contribution in [3.05, 3.63) is 82.0 Å². The topological polar surface area (TPSA) is 168 Å². The zero-order valence-electron chi connectivity index (χ0n) is 22.0. The first kappa shape index (κ1) is 27.8. The second-order valence-corrected chi connectivity index (χ2v) is 11.9. The van der Waals surface area contributed by atoms with E-state index in [0.29, 0.717) is 24.3 Å². The van der Waals surface area contributed by atoms with Gasteiger partial charge in [0.25, 0.3) is 10.0 Å². The maximum absolute atomic E-state index is 13.2. The van der Waals surface area contributed by atoms with Gasteiger partial charge in [0.05, 0.1) is 11.6 Å². The highest BCUT2D eigenvalue weighted by molar-refractivity contribution is 7.92. The molecule has 3 heterocycles. The third-order valence-electron chi connectivity index (χ3n) is 7.28. The molecule has 5 N–H and O–H groups in total. The van der Waals surface area contributed by atoms with Gasteiger partial charge in [0.1, 0.15) is 11.5 Å². The molecule has 212 valence electrons. The average molecular weight is 568 g/mol. The first-order valence-corrected chi connectivity index (χ1v) is 14.9. The first-order chi connectivity index (χ1) is 19.2. The number of aromatic nitrogens is 1. The monoisotopic (exact) mass is 567 g/mol. The van der Waals surface area contributed by atoms with Gasteiger partial charge in [-0.2, -0.15) is 8.42 Å². The Hall–Kier alpha value is -3.74. The van der Waals surface area contributed by atoms with Gasteiger partial charge in [0.15, 0.2) is 5.03 Å². The van der Waals surface area contributed by atoms with Crippen LogP contribution in [-0.4, -0.2) is 61.5 Å². The van der Waals surface area contributed by atoms with Gasteiger partial charge in [-0.15, -0.1) is 0 Å². The van der Waals surface area contributed by atoms with E-state index in [-0.39, 0.29) is 46.8 Å². The predicted octanol–water partition coefficient (Wildman–Crippen LogP) is 1.77. The molecule has 1 aliphatic heterocycles. The Morgan fingerprint density at radius 3 is 2.62 bits per heavy atom. The number of nitrogens with zero attached hydrogens (tertiary/aromatic N) is 2. The van der Waals surface area contributed by atoms with Crippen molar-refractivity contribution in [3.63, 3.8) is 0 Å². The van der Waals surface area contributed by atoms with E-state index in [0.717, 1.165) is 25.9 Å². The molecular weight excluding hydrogens is 534 g/mol. The van der Waals surface area contributed by atoms with Gasteiger partial charge in [0, 0.05) is 56.5 Å². The zero-order chi connectivity index (χ0) is 28.3. The van der Waals surface area contributed by atoms with Crippen molar-refractivity contribution in [1.82, 2.24) is 15.2 Å². The van der Waals surface area contributed by atoms with E-state index in [1.165, 1.54) is 18.3 Å². The van der Waals surface area contributed by atoms with Crippen LogP contribution in [0.3, 0.4) is 0 Å². The zero-order valence-corrected chi connectivity index (χ0v) is 22.8.